The van der Waals surface area contributed by atoms with Crippen LogP contribution in [0.25, 0.3) is 0 Å². The summed E-state index contributed by atoms with van der Waals surface area (Å²) in [5.74, 6) is -0.325. The van der Waals surface area contributed by atoms with Crippen molar-refractivity contribution in [3.8, 4) is 0 Å². The van der Waals surface area contributed by atoms with E-state index >= 15 is 0 Å². The highest BCUT2D eigenvalue weighted by Crippen LogP contribution is 2.47. The van der Waals surface area contributed by atoms with E-state index in [-0.39, 0.29) is 35.7 Å². The van der Waals surface area contributed by atoms with Crippen LogP contribution >= 0.6 is 0 Å². The van der Waals surface area contributed by atoms with Gasteiger partial charge in [-0.05, 0) is 49.1 Å². The number of rotatable bonds is 9. The van der Waals surface area contributed by atoms with Gasteiger partial charge in [-0.25, -0.2) is 0 Å². The number of likely N-dealkylation sites (N-methyl/N-ethyl adjacent to an activating group) is 1. The highest BCUT2D eigenvalue weighted by molar-refractivity contribution is 6.03. The Bertz CT molecular complexity index is 1710. The number of fused-ring (bicyclic) bond motifs is 2. The number of anilines is 1. The van der Waals surface area contributed by atoms with E-state index in [1.165, 1.54) is 16.7 Å². The van der Waals surface area contributed by atoms with Gasteiger partial charge in [0.2, 0.25) is 18.1 Å². The van der Waals surface area contributed by atoms with Crippen molar-refractivity contribution in [2.45, 2.75) is 44.9 Å². The Kier molecular flexibility index (Phi) is 8.46. The van der Waals surface area contributed by atoms with Crippen molar-refractivity contribution in [3.63, 3.8) is 0 Å². The Labute approximate surface area is 261 Å². The molecule has 0 spiro atoms. The van der Waals surface area contributed by atoms with E-state index in [1.54, 1.807) is 19.0 Å². The highest BCUT2D eigenvalue weighted by Gasteiger charge is 2.44. The van der Waals surface area contributed by atoms with Crippen molar-refractivity contribution in [1.82, 2.24) is 4.90 Å². The molecule has 2 heterocycles. The molecule has 0 unspecified atom stereocenters. The first kappa shape index (κ1) is 30.7. The van der Waals surface area contributed by atoms with Gasteiger partial charge in [0.15, 0.2) is 5.71 Å². The van der Waals surface area contributed by atoms with Crippen LogP contribution in [0, 0.1) is 0 Å². The molecule has 3 aromatic rings. The minimum Gasteiger partial charge on any atom is -0.364 e. The topological polar surface area (TPSA) is 69.7 Å². The summed E-state index contributed by atoms with van der Waals surface area (Å²) in [5.41, 5.74) is 14.0. The van der Waals surface area contributed by atoms with Gasteiger partial charge in [0.25, 0.3) is 5.91 Å². The van der Waals surface area contributed by atoms with E-state index in [0.29, 0.717) is 0 Å². The molecule has 0 atom stereocenters. The van der Waals surface area contributed by atoms with Crippen molar-refractivity contribution in [2.75, 3.05) is 32.1 Å². The molecular weight excluding hydrogens is 544 g/mol. The van der Waals surface area contributed by atoms with Crippen LogP contribution < -0.4 is 10.6 Å². The molecule has 6 heteroatoms. The number of hydrogen-bond acceptors (Lipinski definition) is 3. The van der Waals surface area contributed by atoms with Gasteiger partial charge in [-0.1, -0.05) is 92.7 Å². The smallest absolute Gasteiger partial charge is 0.283 e. The molecule has 2 aliphatic heterocycles. The second-order valence-corrected chi connectivity index (χ2v) is 12.9. The Morgan fingerprint density at radius 1 is 0.864 bits per heavy atom. The third kappa shape index (κ3) is 5.89. The summed E-state index contributed by atoms with van der Waals surface area (Å²) >= 11 is 0. The quantitative estimate of drug-likeness (QED) is 0.245. The van der Waals surface area contributed by atoms with Crippen LogP contribution in [0.15, 0.2) is 114 Å². The molecule has 0 aliphatic carbocycles. The number of carbonyl (C=O) groups is 2. The number of primary amides is 1. The van der Waals surface area contributed by atoms with Crippen molar-refractivity contribution < 1.29 is 14.2 Å². The molecule has 0 saturated heterocycles. The molecule has 2 aliphatic rings. The summed E-state index contributed by atoms with van der Waals surface area (Å²) in [6.07, 6.45) is 9.37. The minimum absolute atomic E-state index is 0.0470. The molecule has 3 aromatic carbocycles. The Hall–Kier alpha value is -4.71. The summed E-state index contributed by atoms with van der Waals surface area (Å²) < 4.78 is 2.04. The molecule has 0 radical (unpaired) electrons. The molecule has 0 fully saturated rings. The van der Waals surface area contributed by atoms with E-state index in [1.807, 2.05) is 28.8 Å². The van der Waals surface area contributed by atoms with Gasteiger partial charge in [-0.15, -0.1) is 0 Å². The zero-order valence-corrected chi connectivity index (χ0v) is 26.7. The minimum atomic E-state index is -0.372. The monoisotopic (exact) mass is 587 g/mol. The van der Waals surface area contributed by atoms with Crippen LogP contribution in [0.3, 0.4) is 0 Å². The fourth-order valence-electron chi connectivity index (χ4n) is 6.43. The summed E-state index contributed by atoms with van der Waals surface area (Å²) in [6.45, 7) is 9.19. The average Bonchev–Trinajstić information content (AvgIpc) is 3.33. The molecule has 44 heavy (non-hydrogen) atoms. The largest absolute Gasteiger partial charge is 0.364 e. The number of benzene rings is 3. The molecule has 2 N–H and O–H groups in total. The first-order chi connectivity index (χ1) is 20.9. The van der Waals surface area contributed by atoms with Gasteiger partial charge >= 0.3 is 0 Å². The lowest BCUT2D eigenvalue weighted by atomic mass is 9.81. The van der Waals surface area contributed by atoms with Crippen LogP contribution in [0.4, 0.5) is 11.4 Å². The van der Waals surface area contributed by atoms with Gasteiger partial charge in [-0.2, -0.15) is 4.58 Å². The Balaban J connectivity index is 1.61. The van der Waals surface area contributed by atoms with Crippen LogP contribution in [0.5, 0.6) is 0 Å². The number of nitrogens with zero attached hydrogens (tertiary/aromatic N) is 3. The second-order valence-electron chi connectivity index (χ2n) is 12.9. The lowest BCUT2D eigenvalue weighted by molar-refractivity contribution is -0.424. The Morgan fingerprint density at radius 2 is 1.50 bits per heavy atom. The number of carbonyl (C=O) groups excluding carboxylic acids is 2. The standard InChI is InChI=1S/C38H42N4O2/c1-37(2)29-16-10-12-18-31(29)41(25-35(39)43)33(37)22-20-28(24-27-14-8-7-9-15-27)21-23-34-38(3,4)30-17-11-13-19-32(30)42(34)26-36(44)40(5)6/h7-23H,24-26H2,1-6H3,(H-,39,43)/p+1. The summed E-state index contributed by atoms with van der Waals surface area (Å²) in [7, 11) is 3.59. The highest BCUT2D eigenvalue weighted by atomic mass is 16.2. The van der Waals surface area contributed by atoms with E-state index in [4.69, 9.17) is 5.73 Å². The molecule has 0 bridgehead atoms. The molecule has 0 aromatic heterocycles. The van der Waals surface area contributed by atoms with E-state index in [2.05, 4.69) is 111 Å². The predicted molar refractivity (Wildman–Crippen MR) is 179 cm³/mol. The predicted octanol–water partition coefficient (Wildman–Crippen LogP) is 6.04. The van der Waals surface area contributed by atoms with Crippen molar-refractivity contribution >= 4 is 28.9 Å². The van der Waals surface area contributed by atoms with Gasteiger partial charge in [0.1, 0.15) is 6.54 Å². The van der Waals surface area contributed by atoms with E-state index in [0.717, 1.165) is 34.8 Å². The maximum absolute atomic E-state index is 12.9. The van der Waals surface area contributed by atoms with E-state index < -0.39 is 0 Å². The number of amides is 2. The molecular formula is C38H43N4O2+. The van der Waals surface area contributed by atoms with Gasteiger partial charge in [-0.3, -0.25) is 9.59 Å². The summed E-state index contributed by atoms with van der Waals surface area (Å²) in [6, 6.07) is 27.0. The molecule has 0 saturated carbocycles. The fraction of sp³-hybridized carbons (Fsp3) is 0.289. The maximum atomic E-state index is 12.9. The lowest BCUT2D eigenvalue weighted by Crippen LogP contribution is -2.36. The summed E-state index contributed by atoms with van der Waals surface area (Å²) in [5, 5.41) is 0. The first-order valence-electron chi connectivity index (χ1n) is 15.1. The number of allylic oxidation sites excluding steroid dienone is 6. The maximum Gasteiger partial charge on any atom is 0.283 e. The third-order valence-corrected chi connectivity index (χ3v) is 8.87. The van der Waals surface area contributed by atoms with E-state index in [9.17, 15) is 9.59 Å². The van der Waals surface area contributed by atoms with Crippen LogP contribution in [-0.2, 0) is 26.8 Å². The summed E-state index contributed by atoms with van der Waals surface area (Å²) in [4.78, 5) is 28.9. The van der Waals surface area contributed by atoms with Crippen molar-refractivity contribution in [1.29, 1.82) is 0 Å². The van der Waals surface area contributed by atoms with Gasteiger partial charge in [0, 0.05) is 48.6 Å². The van der Waals surface area contributed by atoms with Gasteiger partial charge < -0.3 is 15.5 Å². The molecule has 2 amide bonds. The molecule has 5 rings (SSSR count). The zero-order valence-electron chi connectivity index (χ0n) is 26.7. The van der Waals surface area contributed by atoms with Crippen molar-refractivity contribution in [2.24, 2.45) is 5.73 Å². The molecule has 226 valence electrons. The van der Waals surface area contributed by atoms with Crippen LogP contribution in [-0.4, -0.2) is 54.2 Å². The third-order valence-electron chi connectivity index (χ3n) is 8.87. The van der Waals surface area contributed by atoms with Crippen LogP contribution in [0.1, 0.15) is 44.4 Å². The SMILES string of the molecule is CN(C)C(=O)CN1/C(=C/C=C(/C=C/C2=[N+](CC(N)=O)c3ccccc3C2(C)C)Cc2ccccc2)C(C)(C)c2ccccc21. The van der Waals surface area contributed by atoms with Crippen molar-refractivity contribution in [3.05, 3.63) is 131 Å². The van der Waals surface area contributed by atoms with Gasteiger partial charge in [0.05, 0.1) is 5.41 Å². The number of hydrogen-bond donors (Lipinski definition) is 1. The fourth-order valence-corrected chi connectivity index (χ4v) is 6.43. The molecule has 6 nitrogen and oxygen atoms in total. The Morgan fingerprint density at radius 3 is 2.18 bits per heavy atom. The van der Waals surface area contributed by atoms with Crippen LogP contribution in [0.2, 0.25) is 0 Å². The lowest BCUT2D eigenvalue weighted by Gasteiger charge is -2.27. The number of para-hydroxylation sites is 2. The first-order valence-corrected chi connectivity index (χ1v) is 15.1. The second kappa shape index (κ2) is 12.1. The normalized spacial score (nSPS) is 17.7. The number of nitrogens with two attached hydrogens (primary N) is 1. The zero-order chi connectivity index (χ0) is 31.6. The average molecular weight is 588 g/mol.